The van der Waals surface area contributed by atoms with Gasteiger partial charge in [-0.3, -0.25) is 4.79 Å². The lowest BCUT2D eigenvalue weighted by Crippen LogP contribution is -2.35. The monoisotopic (exact) mass is 398 g/mol. The molecule has 0 bridgehead atoms. The van der Waals surface area contributed by atoms with E-state index < -0.39 is 11.9 Å². The van der Waals surface area contributed by atoms with E-state index in [4.69, 9.17) is 19.9 Å². The molecule has 3 N–H and O–H groups in total. The molecule has 0 spiro atoms. The molecule has 29 heavy (non-hydrogen) atoms. The zero-order valence-corrected chi connectivity index (χ0v) is 16.9. The van der Waals surface area contributed by atoms with E-state index in [1.54, 1.807) is 25.1 Å². The number of para-hydroxylation sites is 1. The van der Waals surface area contributed by atoms with E-state index >= 15 is 0 Å². The highest BCUT2D eigenvalue weighted by Gasteiger charge is 2.22. The first-order valence-electron chi connectivity index (χ1n) is 9.58. The quantitative estimate of drug-likeness (QED) is 0.573. The minimum Gasteiger partial charge on any atom is -0.486 e. The molecule has 154 valence electrons. The van der Waals surface area contributed by atoms with Gasteiger partial charge in [0.15, 0.2) is 18.1 Å². The van der Waals surface area contributed by atoms with Crippen molar-refractivity contribution in [3.05, 3.63) is 53.1 Å². The fraction of sp³-hybridized carbons (Fsp3) is 0.364. The summed E-state index contributed by atoms with van der Waals surface area (Å²) < 4.78 is 16.3. The smallest absolute Gasteiger partial charge is 0.340 e. The lowest BCUT2D eigenvalue weighted by molar-refractivity contribution is -0.125. The topological polar surface area (TPSA) is 99.9 Å². The molecule has 0 saturated carbocycles. The van der Waals surface area contributed by atoms with E-state index in [-0.39, 0.29) is 24.1 Å². The van der Waals surface area contributed by atoms with E-state index in [0.29, 0.717) is 30.4 Å². The summed E-state index contributed by atoms with van der Waals surface area (Å²) in [7, 11) is 0. The minimum atomic E-state index is -0.623. The van der Waals surface area contributed by atoms with Crippen molar-refractivity contribution in [2.75, 3.05) is 25.6 Å². The van der Waals surface area contributed by atoms with Crippen molar-refractivity contribution >= 4 is 17.6 Å². The maximum atomic E-state index is 12.4. The van der Waals surface area contributed by atoms with Gasteiger partial charge in [0, 0.05) is 5.69 Å². The lowest BCUT2D eigenvalue weighted by Gasteiger charge is -2.25. The van der Waals surface area contributed by atoms with Crippen LogP contribution in [-0.2, 0) is 9.53 Å². The molecule has 0 radical (unpaired) electrons. The molecule has 3 rings (SSSR count). The number of nitrogens with one attached hydrogen (secondary N) is 1. The van der Waals surface area contributed by atoms with E-state index in [1.807, 2.05) is 32.0 Å². The normalized spacial score (nSPS) is 13.7. The largest absolute Gasteiger partial charge is 0.486 e. The standard InChI is InChI=1S/C22H26N2O5/c1-13(2)21(15-7-8-17-18(11-15)28-10-9-27-17)24-19(25)12-29-22(26)16-6-4-5-14(3)20(16)23/h4-8,11,13,21H,9-10,12,23H2,1-3H3,(H,24,25)/t21-/m0/s1. The van der Waals surface area contributed by atoms with Crippen LogP contribution in [0, 0.1) is 12.8 Å². The highest BCUT2D eigenvalue weighted by atomic mass is 16.6. The van der Waals surface area contributed by atoms with Crippen LogP contribution in [0.25, 0.3) is 0 Å². The van der Waals surface area contributed by atoms with Crippen LogP contribution >= 0.6 is 0 Å². The predicted molar refractivity (Wildman–Crippen MR) is 109 cm³/mol. The van der Waals surface area contributed by atoms with Gasteiger partial charge in [-0.1, -0.05) is 32.0 Å². The Morgan fingerprint density at radius 2 is 1.86 bits per heavy atom. The second-order valence-corrected chi connectivity index (χ2v) is 7.30. The van der Waals surface area contributed by atoms with Crippen molar-refractivity contribution in [2.45, 2.75) is 26.8 Å². The Morgan fingerprint density at radius 1 is 1.14 bits per heavy atom. The van der Waals surface area contributed by atoms with Gasteiger partial charge in [-0.15, -0.1) is 0 Å². The first-order chi connectivity index (χ1) is 13.9. The van der Waals surface area contributed by atoms with Crippen LogP contribution < -0.4 is 20.5 Å². The Hall–Kier alpha value is -3.22. The van der Waals surface area contributed by atoms with Crippen molar-refractivity contribution in [1.29, 1.82) is 0 Å². The average molecular weight is 398 g/mol. The number of hydrogen-bond donors (Lipinski definition) is 2. The fourth-order valence-corrected chi connectivity index (χ4v) is 3.17. The molecule has 0 unspecified atom stereocenters. The van der Waals surface area contributed by atoms with Crippen molar-refractivity contribution in [3.8, 4) is 11.5 Å². The van der Waals surface area contributed by atoms with Crippen molar-refractivity contribution < 1.29 is 23.8 Å². The van der Waals surface area contributed by atoms with Gasteiger partial charge in [-0.25, -0.2) is 4.79 Å². The number of esters is 1. The molecule has 0 fully saturated rings. The van der Waals surface area contributed by atoms with Crippen LogP contribution in [0.15, 0.2) is 36.4 Å². The van der Waals surface area contributed by atoms with E-state index in [0.717, 1.165) is 11.1 Å². The number of anilines is 1. The zero-order valence-electron chi connectivity index (χ0n) is 16.9. The number of benzene rings is 2. The SMILES string of the molecule is Cc1cccc(C(=O)OCC(=O)N[C@H](c2ccc3c(c2)OCCO3)C(C)C)c1N. The Balaban J connectivity index is 1.64. The molecule has 1 aliphatic heterocycles. The van der Waals surface area contributed by atoms with Gasteiger partial charge < -0.3 is 25.3 Å². The van der Waals surface area contributed by atoms with Gasteiger partial charge >= 0.3 is 5.97 Å². The van der Waals surface area contributed by atoms with Crippen molar-refractivity contribution in [3.63, 3.8) is 0 Å². The number of nitrogens with two attached hydrogens (primary N) is 1. The fourth-order valence-electron chi connectivity index (χ4n) is 3.17. The summed E-state index contributed by atoms with van der Waals surface area (Å²) in [6.45, 7) is 6.43. The highest BCUT2D eigenvalue weighted by molar-refractivity contribution is 5.96. The summed E-state index contributed by atoms with van der Waals surface area (Å²) in [5, 5.41) is 2.93. The predicted octanol–water partition coefficient (Wildman–Crippen LogP) is 3.02. The Labute approximate surface area is 170 Å². The molecular weight excluding hydrogens is 372 g/mol. The average Bonchev–Trinajstić information content (AvgIpc) is 2.71. The number of amides is 1. The molecule has 7 nitrogen and oxygen atoms in total. The second-order valence-electron chi connectivity index (χ2n) is 7.30. The van der Waals surface area contributed by atoms with E-state index in [1.165, 1.54) is 0 Å². The molecule has 0 saturated heterocycles. The maximum Gasteiger partial charge on any atom is 0.340 e. The van der Waals surface area contributed by atoms with Crippen molar-refractivity contribution in [2.24, 2.45) is 5.92 Å². The third-order valence-corrected chi connectivity index (χ3v) is 4.79. The van der Waals surface area contributed by atoms with Crippen molar-refractivity contribution in [1.82, 2.24) is 5.32 Å². The lowest BCUT2D eigenvalue weighted by atomic mass is 9.95. The summed E-state index contributed by atoms with van der Waals surface area (Å²) in [4.78, 5) is 24.7. The molecule has 1 aliphatic rings. The second kappa shape index (κ2) is 8.86. The third-order valence-electron chi connectivity index (χ3n) is 4.79. The molecule has 0 aromatic heterocycles. The number of hydrogen-bond acceptors (Lipinski definition) is 6. The van der Waals surface area contributed by atoms with Crippen LogP contribution in [0.2, 0.25) is 0 Å². The van der Waals surface area contributed by atoms with Gasteiger partial charge in [0.25, 0.3) is 5.91 Å². The molecule has 2 aromatic rings. The van der Waals surface area contributed by atoms with Gasteiger partial charge in [0.05, 0.1) is 11.6 Å². The number of carbonyl (C=O) groups is 2. The Kier molecular flexibility index (Phi) is 6.26. The first kappa shape index (κ1) is 20.5. The number of nitrogen functional groups attached to an aromatic ring is 1. The van der Waals surface area contributed by atoms with Crippen LogP contribution in [0.4, 0.5) is 5.69 Å². The molecule has 0 aliphatic carbocycles. The van der Waals surface area contributed by atoms with Crippen LogP contribution in [-0.4, -0.2) is 31.7 Å². The van der Waals surface area contributed by atoms with Gasteiger partial charge in [0.2, 0.25) is 0 Å². The highest BCUT2D eigenvalue weighted by Crippen LogP contribution is 2.34. The van der Waals surface area contributed by atoms with Crippen LogP contribution in [0.3, 0.4) is 0 Å². The van der Waals surface area contributed by atoms with Gasteiger partial charge in [-0.2, -0.15) is 0 Å². The van der Waals surface area contributed by atoms with Gasteiger partial charge in [-0.05, 0) is 42.2 Å². The number of ether oxygens (including phenoxy) is 3. The minimum absolute atomic E-state index is 0.115. The summed E-state index contributed by atoms with van der Waals surface area (Å²) in [6.07, 6.45) is 0. The number of fused-ring (bicyclic) bond motifs is 1. The molecule has 1 amide bonds. The van der Waals surface area contributed by atoms with E-state index in [2.05, 4.69) is 5.32 Å². The molecular formula is C22H26N2O5. The molecule has 2 aromatic carbocycles. The van der Waals surface area contributed by atoms with Crippen LogP contribution in [0.1, 0.15) is 41.4 Å². The molecule has 1 atom stereocenters. The number of carbonyl (C=O) groups excluding carboxylic acids is 2. The van der Waals surface area contributed by atoms with E-state index in [9.17, 15) is 9.59 Å². The number of aryl methyl sites for hydroxylation is 1. The van der Waals surface area contributed by atoms with Crippen LogP contribution in [0.5, 0.6) is 11.5 Å². The number of rotatable bonds is 6. The molecule has 1 heterocycles. The Morgan fingerprint density at radius 3 is 2.59 bits per heavy atom. The van der Waals surface area contributed by atoms with Gasteiger partial charge in [0.1, 0.15) is 13.2 Å². The maximum absolute atomic E-state index is 12.4. The molecule has 7 heteroatoms. The first-order valence-corrected chi connectivity index (χ1v) is 9.58. The zero-order chi connectivity index (χ0) is 21.0. The summed E-state index contributed by atoms with van der Waals surface area (Å²) in [5.74, 6) is 0.457. The third kappa shape index (κ3) is 4.80. The summed E-state index contributed by atoms with van der Waals surface area (Å²) in [5.41, 5.74) is 8.20. The Bertz CT molecular complexity index is 910. The summed E-state index contributed by atoms with van der Waals surface area (Å²) in [6, 6.07) is 10.5. The summed E-state index contributed by atoms with van der Waals surface area (Å²) >= 11 is 0.